The first kappa shape index (κ1) is 11.1. The highest BCUT2D eigenvalue weighted by Gasteiger charge is 2.28. The molecule has 5 nitrogen and oxygen atoms in total. The van der Waals surface area contributed by atoms with E-state index < -0.39 is 11.8 Å². The maximum Gasteiger partial charge on any atom is 0.316 e. The molecule has 0 radical (unpaired) electrons. The number of hydrogen-bond donors (Lipinski definition) is 2. The Bertz CT molecular complexity index is 333. The minimum atomic E-state index is -0.615. The van der Waals surface area contributed by atoms with Crippen LogP contribution in [0.15, 0.2) is 4.99 Å². The molecule has 1 aliphatic carbocycles. The molecule has 16 heavy (non-hydrogen) atoms. The predicted molar refractivity (Wildman–Crippen MR) is 59.7 cm³/mol. The van der Waals surface area contributed by atoms with Crippen LogP contribution < -0.4 is 10.6 Å². The van der Waals surface area contributed by atoms with Gasteiger partial charge in [0.1, 0.15) is 0 Å². The van der Waals surface area contributed by atoms with Crippen molar-refractivity contribution in [3.05, 3.63) is 0 Å². The van der Waals surface area contributed by atoms with Gasteiger partial charge in [0.05, 0.1) is 6.04 Å². The van der Waals surface area contributed by atoms with Gasteiger partial charge in [0.15, 0.2) is 0 Å². The van der Waals surface area contributed by atoms with E-state index in [0.717, 1.165) is 25.2 Å². The number of aliphatic imine (C=N–C) groups is 1. The van der Waals surface area contributed by atoms with Crippen molar-refractivity contribution < 1.29 is 9.59 Å². The molecule has 0 aromatic heterocycles. The lowest BCUT2D eigenvalue weighted by atomic mass is 9.79. The molecule has 1 heterocycles. The van der Waals surface area contributed by atoms with E-state index in [1.165, 1.54) is 0 Å². The van der Waals surface area contributed by atoms with Crippen LogP contribution in [0, 0.1) is 11.8 Å². The molecular formula is C11H17N3O2. The number of nitrogens with one attached hydrogen (secondary N) is 2. The molecule has 3 atom stereocenters. The second kappa shape index (κ2) is 4.23. The van der Waals surface area contributed by atoms with Crippen LogP contribution in [0.2, 0.25) is 0 Å². The van der Waals surface area contributed by atoms with Gasteiger partial charge in [0.2, 0.25) is 5.96 Å². The van der Waals surface area contributed by atoms with Gasteiger partial charge in [-0.25, -0.2) is 4.99 Å². The summed E-state index contributed by atoms with van der Waals surface area (Å²) in [6.45, 7) is 4.48. The zero-order valence-corrected chi connectivity index (χ0v) is 9.62. The van der Waals surface area contributed by atoms with Crippen molar-refractivity contribution in [1.29, 1.82) is 0 Å². The van der Waals surface area contributed by atoms with Crippen molar-refractivity contribution in [3.63, 3.8) is 0 Å². The number of carbonyl (C=O) groups is 2. The fourth-order valence-corrected chi connectivity index (χ4v) is 2.24. The topological polar surface area (TPSA) is 70.6 Å². The minimum absolute atomic E-state index is 0.222. The van der Waals surface area contributed by atoms with Crippen LogP contribution in [0.3, 0.4) is 0 Å². The smallest absolute Gasteiger partial charge is 0.288 e. The number of hydrogen-bond acceptors (Lipinski definition) is 3. The normalized spacial score (nSPS) is 34.6. The summed E-state index contributed by atoms with van der Waals surface area (Å²) in [6, 6.07) is 0.222. The van der Waals surface area contributed by atoms with E-state index in [-0.39, 0.29) is 6.04 Å². The molecule has 88 valence electrons. The highest BCUT2D eigenvalue weighted by atomic mass is 16.2. The molecule has 5 heteroatoms. The predicted octanol–water partition coefficient (Wildman–Crippen LogP) is 0.413. The molecule has 1 aliphatic heterocycles. The van der Waals surface area contributed by atoms with Crippen molar-refractivity contribution in [2.45, 2.75) is 39.2 Å². The summed E-state index contributed by atoms with van der Waals surface area (Å²) < 4.78 is 0. The fourth-order valence-electron chi connectivity index (χ4n) is 2.24. The Kier molecular flexibility index (Phi) is 2.94. The van der Waals surface area contributed by atoms with Gasteiger partial charge in [0.25, 0.3) is 0 Å². The van der Waals surface area contributed by atoms with E-state index in [4.69, 9.17) is 0 Å². The summed E-state index contributed by atoms with van der Waals surface area (Å²) in [5, 5.41) is 4.85. The van der Waals surface area contributed by atoms with Crippen molar-refractivity contribution >= 4 is 17.8 Å². The molecule has 0 bridgehead atoms. The number of carbonyl (C=O) groups excluding carboxylic acids is 2. The fraction of sp³-hybridized carbons (Fsp3) is 0.727. The largest absolute Gasteiger partial charge is 0.316 e. The maximum absolute atomic E-state index is 10.9. The first-order valence-electron chi connectivity index (χ1n) is 5.76. The van der Waals surface area contributed by atoms with E-state index in [0.29, 0.717) is 11.9 Å². The lowest BCUT2D eigenvalue weighted by Crippen LogP contribution is -2.30. The average molecular weight is 223 g/mol. The zero-order chi connectivity index (χ0) is 11.7. The van der Waals surface area contributed by atoms with Gasteiger partial charge in [-0.3, -0.25) is 20.2 Å². The second-order valence-corrected chi connectivity index (χ2v) is 4.81. The Morgan fingerprint density at radius 1 is 1.06 bits per heavy atom. The van der Waals surface area contributed by atoms with Crippen LogP contribution >= 0.6 is 0 Å². The van der Waals surface area contributed by atoms with Crippen LogP contribution in [-0.2, 0) is 9.59 Å². The number of amides is 2. The van der Waals surface area contributed by atoms with Crippen molar-refractivity contribution in [1.82, 2.24) is 10.6 Å². The van der Waals surface area contributed by atoms with Gasteiger partial charge in [0, 0.05) is 0 Å². The molecule has 2 fully saturated rings. The quantitative estimate of drug-likeness (QED) is 0.632. The Morgan fingerprint density at radius 3 is 2.25 bits per heavy atom. The first-order valence-corrected chi connectivity index (χ1v) is 5.76. The number of nitrogens with zero attached hydrogens (tertiary/aromatic N) is 1. The lowest BCUT2D eigenvalue weighted by molar-refractivity contribution is -0.135. The second-order valence-electron chi connectivity index (χ2n) is 4.81. The van der Waals surface area contributed by atoms with Gasteiger partial charge < -0.3 is 0 Å². The highest BCUT2D eigenvalue weighted by molar-refractivity contribution is 6.45. The van der Waals surface area contributed by atoms with Gasteiger partial charge in [-0.2, -0.15) is 0 Å². The Hall–Kier alpha value is -1.39. The SMILES string of the molecule is CC1CCC(N=C2NC(=O)C(=O)N2)CC1C. The van der Waals surface area contributed by atoms with Crippen molar-refractivity contribution in [2.24, 2.45) is 16.8 Å². The molecule has 0 spiro atoms. The van der Waals surface area contributed by atoms with Crippen LogP contribution in [0.5, 0.6) is 0 Å². The van der Waals surface area contributed by atoms with Crippen LogP contribution in [0.25, 0.3) is 0 Å². The van der Waals surface area contributed by atoms with Gasteiger partial charge >= 0.3 is 11.8 Å². The standard InChI is InChI=1S/C11H17N3O2/c1-6-3-4-8(5-7(6)2)12-11-13-9(15)10(16)14-11/h6-8H,3-5H2,1-2H3,(H2,12,13,14,15,16). The van der Waals surface area contributed by atoms with E-state index in [9.17, 15) is 9.59 Å². The summed E-state index contributed by atoms with van der Waals surface area (Å²) in [5.74, 6) is 0.480. The monoisotopic (exact) mass is 223 g/mol. The number of rotatable bonds is 1. The van der Waals surface area contributed by atoms with Gasteiger partial charge in [-0.05, 0) is 31.1 Å². The third kappa shape index (κ3) is 2.23. The minimum Gasteiger partial charge on any atom is -0.288 e. The van der Waals surface area contributed by atoms with E-state index >= 15 is 0 Å². The summed E-state index contributed by atoms with van der Waals surface area (Å²) >= 11 is 0. The van der Waals surface area contributed by atoms with Crippen LogP contribution in [0.1, 0.15) is 33.1 Å². The van der Waals surface area contributed by atoms with Crippen LogP contribution in [0.4, 0.5) is 0 Å². The first-order chi connectivity index (χ1) is 7.56. The van der Waals surface area contributed by atoms with Gasteiger partial charge in [-0.1, -0.05) is 13.8 Å². The Labute approximate surface area is 94.7 Å². The number of guanidine groups is 1. The van der Waals surface area contributed by atoms with Crippen molar-refractivity contribution in [3.8, 4) is 0 Å². The molecule has 0 aromatic rings. The molecule has 2 N–H and O–H groups in total. The third-order valence-corrected chi connectivity index (χ3v) is 3.55. The maximum atomic E-state index is 10.9. The summed E-state index contributed by atoms with van der Waals surface area (Å²) in [5.41, 5.74) is 0. The summed E-state index contributed by atoms with van der Waals surface area (Å²) in [7, 11) is 0. The molecule has 3 unspecified atom stereocenters. The van der Waals surface area contributed by atoms with E-state index in [2.05, 4.69) is 29.5 Å². The molecule has 2 aliphatic rings. The van der Waals surface area contributed by atoms with Gasteiger partial charge in [-0.15, -0.1) is 0 Å². The van der Waals surface area contributed by atoms with Crippen LogP contribution in [-0.4, -0.2) is 23.8 Å². The molecule has 0 aromatic carbocycles. The molecule has 2 rings (SSSR count). The van der Waals surface area contributed by atoms with E-state index in [1.807, 2.05) is 0 Å². The molecule has 2 amide bonds. The molecule has 1 saturated carbocycles. The third-order valence-electron chi connectivity index (χ3n) is 3.55. The highest BCUT2D eigenvalue weighted by Crippen LogP contribution is 2.30. The Morgan fingerprint density at radius 2 is 1.69 bits per heavy atom. The zero-order valence-electron chi connectivity index (χ0n) is 9.62. The molecular weight excluding hydrogens is 206 g/mol. The molecule has 1 saturated heterocycles. The summed E-state index contributed by atoms with van der Waals surface area (Å²) in [4.78, 5) is 26.3. The average Bonchev–Trinajstić information content (AvgIpc) is 2.52. The lowest BCUT2D eigenvalue weighted by Gasteiger charge is -2.29. The summed E-state index contributed by atoms with van der Waals surface area (Å²) in [6.07, 6.45) is 3.21. The van der Waals surface area contributed by atoms with E-state index in [1.54, 1.807) is 0 Å². The van der Waals surface area contributed by atoms with Crippen molar-refractivity contribution in [2.75, 3.05) is 0 Å². The Balaban J connectivity index is 1.97.